The molecule has 0 aromatic heterocycles. The van der Waals surface area contributed by atoms with E-state index in [0.29, 0.717) is 11.1 Å². The summed E-state index contributed by atoms with van der Waals surface area (Å²) in [6, 6.07) is 7.97. The molecule has 2 heterocycles. The third-order valence-corrected chi connectivity index (χ3v) is 4.82. The zero-order valence-corrected chi connectivity index (χ0v) is 12.9. The van der Waals surface area contributed by atoms with Crippen molar-refractivity contribution < 1.29 is 23.8 Å². The lowest BCUT2D eigenvalue weighted by molar-refractivity contribution is -0.153. The van der Waals surface area contributed by atoms with Crippen molar-refractivity contribution in [1.29, 1.82) is 0 Å². The Morgan fingerprint density at radius 3 is 2.65 bits per heavy atom. The number of benzene rings is 1. The maximum Gasteiger partial charge on any atom is 0.338 e. The standard InChI is InChI=1S/C18H16O5/c1-9-10(2)18(23-16(9)19)21-8-14-13-7-11-5-3-4-6-12(11)15(13)22-17(14)20/h3-6,8,13,15,18H,7H2,1-2H3/b14-8+/t13-,15-,18?/m1/s1. The highest BCUT2D eigenvalue weighted by atomic mass is 16.7. The number of carbonyl (C=O) groups excluding carboxylic acids is 2. The molecule has 5 nitrogen and oxygen atoms in total. The highest BCUT2D eigenvalue weighted by Gasteiger charge is 2.46. The van der Waals surface area contributed by atoms with Crippen LogP contribution in [0.4, 0.5) is 0 Å². The van der Waals surface area contributed by atoms with Crippen molar-refractivity contribution in [3.05, 3.63) is 58.4 Å². The zero-order valence-electron chi connectivity index (χ0n) is 12.9. The Morgan fingerprint density at radius 1 is 1.13 bits per heavy atom. The highest BCUT2D eigenvalue weighted by molar-refractivity contribution is 5.92. The van der Waals surface area contributed by atoms with Gasteiger partial charge in [0.05, 0.1) is 11.8 Å². The lowest BCUT2D eigenvalue weighted by Crippen LogP contribution is -2.14. The zero-order chi connectivity index (χ0) is 16.1. The summed E-state index contributed by atoms with van der Waals surface area (Å²) < 4.78 is 16.2. The average Bonchev–Trinajstić information content (AvgIpc) is 3.12. The second-order valence-corrected chi connectivity index (χ2v) is 6.09. The van der Waals surface area contributed by atoms with E-state index in [9.17, 15) is 9.59 Å². The van der Waals surface area contributed by atoms with Gasteiger partial charge in [-0.3, -0.25) is 0 Å². The molecule has 3 atom stereocenters. The van der Waals surface area contributed by atoms with Gasteiger partial charge in [0.2, 0.25) is 0 Å². The first-order chi connectivity index (χ1) is 11.1. The van der Waals surface area contributed by atoms with Crippen LogP contribution >= 0.6 is 0 Å². The van der Waals surface area contributed by atoms with Gasteiger partial charge in [-0.25, -0.2) is 9.59 Å². The molecule has 1 aliphatic carbocycles. The van der Waals surface area contributed by atoms with Gasteiger partial charge in [-0.15, -0.1) is 0 Å². The van der Waals surface area contributed by atoms with Gasteiger partial charge < -0.3 is 14.2 Å². The van der Waals surface area contributed by atoms with Gasteiger partial charge in [-0.05, 0) is 31.4 Å². The Labute approximate surface area is 133 Å². The highest BCUT2D eigenvalue weighted by Crippen LogP contribution is 2.47. The predicted molar refractivity (Wildman–Crippen MR) is 79.9 cm³/mol. The van der Waals surface area contributed by atoms with Crippen LogP contribution in [-0.2, 0) is 30.2 Å². The van der Waals surface area contributed by atoms with Crippen LogP contribution in [0.15, 0.2) is 47.2 Å². The van der Waals surface area contributed by atoms with Crippen molar-refractivity contribution in [3.8, 4) is 0 Å². The quantitative estimate of drug-likeness (QED) is 0.477. The maximum atomic E-state index is 12.1. The van der Waals surface area contributed by atoms with Crippen LogP contribution in [-0.4, -0.2) is 18.2 Å². The molecular weight excluding hydrogens is 296 g/mol. The van der Waals surface area contributed by atoms with Crippen molar-refractivity contribution in [3.63, 3.8) is 0 Å². The number of fused-ring (bicyclic) bond motifs is 3. The Hall–Kier alpha value is -2.56. The molecular formula is C18H16O5. The van der Waals surface area contributed by atoms with Gasteiger partial charge in [-0.2, -0.15) is 0 Å². The molecule has 118 valence electrons. The number of hydrogen-bond acceptors (Lipinski definition) is 5. The summed E-state index contributed by atoms with van der Waals surface area (Å²) in [5.74, 6) is -0.786. The molecule has 2 aliphatic heterocycles. The van der Waals surface area contributed by atoms with E-state index in [2.05, 4.69) is 6.07 Å². The first-order valence-electron chi connectivity index (χ1n) is 7.59. The second kappa shape index (κ2) is 4.98. The minimum absolute atomic E-state index is 0.0395. The third-order valence-electron chi connectivity index (χ3n) is 4.82. The molecule has 1 saturated heterocycles. The molecule has 23 heavy (non-hydrogen) atoms. The van der Waals surface area contributed by atoms with E-state index in [4.69, 9.17) is 14.2 Å². The Kier molecular flexibility index (Phi) is 3.04. The van der Waals surface area contributed by atoms with E-state index in [1.165, 1.54) is 11.8 Å². The van der Waals surface area contributed by atoms with Gasteiger partial charge in [-0.1, -0.05) is 24.3 Å². The van der Waals surface area contributed by atoms with Crippen LogP contribution in [0, 0.1) is 5.92 Å². The van der Waals surface area contributed by atoms with Crippen LogP contribution in [0.1, 0.15) is 31.1 Å². The van der Waals surface area contributed by atoms with E-state index in [-0.39, 0.29) is 24.0 Å². The number of hydrogen-bond donors (Lipinski definition) is 0. The summed E-state index contributed by atoms with van der Waals surface area (Å²) in [7, 11) is 0. The summed E-state index contributed by atoms with van der Waals surface area (Å²) in [5, 5.41) is 0. The molecule has 4 rings (SSSR count). The van der Waals surface area contributed by atoms with Crippen molar-refractivity contribution in [1.82, 2.24) is 0 Å². The van der Waals surface area contributed by atoms with Gasteiger partial charge in [0.1, 0.15) is 6.10 Å². The van der Waals surface area contributed by atoms with Gasteiger partial charge in [0.25, 0.3) is 6.29 Å². The summed E-state index contributed by atoms with van der Waals surface area (Å²) in [6.07, 6.45) is 1.16. The van der Waals surface area contributed by atoms with Crippen LogP contribution in [0.25, 0.3) is 0 Å². The molecule has 3 aliphatic rings. The predicted octanol–water partition coefficient (Wildman–Crippen LogP) is 2.58. The summed E-state index contributed by atoms with van der Waals surface area (Å²) in [4.78, 5) is 23.6. The topological polar surface area (TPSA) is 61.8 Å². The molecule has 0 spiro atoms. The Balaban J connectivity index is 1.57. The largest absolute Gasteiger partial charge is 0.458 e. The molecule has 0 bridgehead atoms. The molecule has 0 radical (unpaired) electrons. The van der Waals surface area contributed by atoms with Crippen molar-refractivity contribution in [2.75, 3.05) is 0 Å². The van der Waals surface area contributed by atoms with E-state index in [1.54, 1.807) is 13.8 Å². The van der Waals surface area contributed by atoms with E-state index >= 15 is 0 Å². The first kappa shape index (κ1) is 14.1. The number of carbonyl (C=O) groups is 2. The Bertz CT molecular complexity index is 773. The molecule has 1 aromatic carbocycles. The lowest BCUT2D eigenvalue weighted by Gasteiger charge is -2.12. The number of rotatable bonds is 2. The van der Waals surface area contributed by atoms with Gasteiger partial charge in [0.15, 0.2) is 0 Å². The first-order valence-corrected chi connectivity index (χ1v) is 7.59. The molecule has 5 heteroatoms. The molecule has 0 N–H and O–H groups in total. The molecule has 0 amide bonds. The van der Waals surface area contributed by atoms with E-state index < -0.39 is 6.29 Å². The number of ether oxygens (including phenoxy) is 3. The normalized spacial score (nSPS) is 30.3. The fourth-order valence-corrected chi connectivity index (χ4v) is 3.32. The lowest BCUT2D eigenvalue weighted by atomic mass is 9.98. The summed E-state index contributed by atoms with van der Waals surface area (Å²) >= 11 is 0. The monoisotopic (exact) mass is 312 g/mol. The van der Waals surface area contributed by atoms with E-state index in [1.807, 2.05) is 18.2 Å². The fourth-order valence-electron chi connectivity index (χ4n) is 3.32. The maximum absolute atomic E-state index is 12.1. The minimum Gasteiger partial charge on any atom is -0.458 e. The van der Waals surface area contributed by atoms with Crippen molar-refractivity contribution in [2.24, 2.45) is 5.92 Å². The molecule has 1 unspecified atom stereocenters. The fraction of sp³-hybridized carbons (Fsp3) is 0.333. The summed E-state index contributed by atoms with van der Waals surface area (Å²) in [6.45, 7) is 3.48. The smallest absolute Gasteiger partial charge is 0.338 e. The number of cyclic esters (lactones) is 1. The van der Waals surface area contributed by atoms with E-state index in [0.717, 1.165) is 17.6 Å². The van der Waals surface area contributed by atoms with Gasteiger partial charge >= 0.3 is 11.9 Å². The third kappa shape index (κ3) is 2.07. The van der Waals surface area contributed by atoms with Crippen LogP contribution in [0.2, 0.25) is 0 Å². The minimum atomic E-state index is -0.759. The Morgan fingerprint density at radius 2 is 1.91 bits per heavy atom. The molecule has 1 aromatic rings. The average molecular weight is 312 g/mol. The second-order valence-electron chi connectivity index (χ2n) is 6.09. The van der Waals surface area contributed by atoms with Crippen molar-refractivity contribution in [2.45, 2.75) is 32.7 Å². The summed E-state index contributed by atoms with van der Waals surface area (Å²) in [5.41, 5.74) is 4.03. The van der Waals surface area contributed by atoms with Crippen molar-refractivity contribution >= 4 is 11.9 Å². The molecule has 1 fully saturated rings. The van der Waals surface area contributed by atoms with Crippen LogP contribution in [0.3, 0.4) is 0 Å². The SMILES string of the molecule is CC1=C(C)C(O/C=C2/C(=O)O[C@@H]3c4ccccc4C[C@H]23)OC1=O. The van der Waals surface area contributed by atoms with Crippen LogP contribution in [0.5, 0.6) is 0 Å². The van der Waals surface area contributed by atoms with Crippen LogP contribution < -0.4 is 0 Å². The molecule has 0 saturated carbocycles. The van der Waals surface area contributed by atoms with Gasteiger partial charge in [0, 0.05) is 17.1 Å². The number of esters is 2.